The van der Waals surface area contributed by atoms with Crippen molar-refractivity contribution in [2.45, 2.75) is 18.9 Å². The minimum absolute atomic E-state index is 0.494. The highest BCUT2D eigenvalue weighted by molar-refractivity contribution is 5.66. The standard InChI is InChI=1S/C15H16N2/c1-2-5-12(6-3-1)14-11-16-10-8-13(14)15-7-4-9-17-15/h1-3,5-6,8,10-11,15,17H,4,7,9H2. The number of hydrogen-bond acceptors (Lipinski definition) is 2. The van der Waals surface area contributed by atoms with Crippen LogP contribution in [0.2, 0.25) is 0 Å². The van der Waals surface area contributed by atoms with Gasteiger partial charge in [-0.3, -0.25) is 4.98 Å². The van der Waals surface area contributed by atoms with Crippen LogP contribution in [0.4, 0.5) is 0 Å². The summed E-state index contributed by atoms with van der Waals surface area (Å²) in [4.78, 5) is 4.27. The predicted molar refractivity (Wildman–Crippen MR) is 69.7 cm³/mol. The van der Waals surface area contributed by atoms with Gasteiger partial charge >= 0.3 is 0 Å². The summed E-state index contributed by atoms with van der Waals surface area (Å²) in [5.74, 6) is 0. The van der Waals surface area contributed by atoms with Gasteiger partial charge in [0, 0.05) is 24.0 Å². The highest BCUT2D eigenvalue weighted by Crippen LogP contribution is 2.31. The summed E-state index contributed by atoms with van der Waals surface area (Å²) in [6.45, 7) is 1.13. The molecule has 1 saturated heterocycles. The first-order valence-corrected chi connectivity index (χ1v) is 6.18. The minimum Gasteiger partial charge on any atom is -0.310 e. The first-order chi connectivity index (χ1) is 8.45. The Balaban J connectivity index is 2.04. The van der Waals surface area contributed by atoms with E-state index in [2.05, 4.69) is 40.6 Å². The van der Waals surface area contributed by atoms with E-state index < -0.39 is 0 Å². The summed E-state index contributed by atoms with van der Waals surface area (Å²) in [5, 5.41) is 3.56. The van der Waals surface area contributed by atoms with Gasteiger partial charge in [-0.25, -0.2) is 0 Å². The third kappa shape index (κ3) is 2.08. The van der Waals surface area contributed by atoms with Gasteiger partial charge in [0.15, 0.2) is 0 Å². The monoisotopic (exact) mass is 224 g/mol. The molecule has 1 aromatic heterocycles. The molecule has 1 aromatic carbocycles. The lowest BCUT2D eigenvalue weighted by Crippen LogP contribution is -2.13. The Morgan fingerprint density at radius 2 is 2.00 bits per heavy atom. The maximum Gasteiger partial charge on any atom is 0.0349 e. The number of nitrogens with one attached hydrogen (secondary N) is 1. The molecule has 0 saturated carbocycles. The Morgan fingerprint density at radius 3 is 2.76 bits per heavy atom. The molecule has 2 heteroatoms. The molecule has 1 N–H and O–H groups in total. The summed E-state index contributed by atoms with van der Waals surface area (Å²) in [5.41, 5.74) is 3.89. The van der Waals surface area contributed by atoms with E-state index in [4.69, 9.17) is 0 Å². The van der Waals surface area contributed by atoms with Crippen molar-refractivity contribution in [2.24, 2.45) is 0 Å². The van der Waals surface area contributed by atoms with Crippen LogP contribution in [-0.2, 0) is 0 Å². The van der Waals surface area contributed by atoms with Crippen LogP contribution in [0.25, 0.3) is 11.1 Å². The minimum atomic E-state index is 0.494. The van der Waals surface area contributed by atoms with Crippen LogP contribution in [0.1, 0.15) is 24.4 Å². The van der Waals surface area contributed by atoms with Crippen LogP contribution in [0, 0.1) is 0 Å². The van der Waals surface area contributed by atoms with Crippen molar-refractivity contribution in [3.63, 3.8) is 0 Å². The Kier molecular flexibility index (Phi) is 2.88. The van der Waals surface area contributed by atoms with Crippen molar-refractivity contribution in [1.82, 2.24) is 10.3 Å². The molecule has 2 aromatic rings. The van der Waals surface area contributed by atoms with Crippen molar-refractivity contribution in [1.29, 1.82) is 0 Å². The quantitative estimate of drug-likeness (QED) is 0.847. The highest BCUT2D eigenvalue weighted by Gasteiger charge is 2.19. The third-order valence-corrected chi connectivity index (χ3v) is 3.38. The molecule has 1 atom stereocenters. The second kappa shape index (κ2) is 4.68. The molecule has 2 nitrogen and oxygen atoms in total. The van der Waals surface area contributed by atoms with Crippen LogP contribution in [0.5, 0.6) is 0 Å². The Hall–Kier alpha value is -1.67. The van der Waals surface area contributed by atoms with Crippen molar-refractivity contribution >= 4 is 0 Å². The number of benzene rings is 1. The van der Waals surface area contributed by atoms with Gasteiger partial charge in [0.2, 0.25) is 0 Å². The predicted octanol–water partition coefficient (Wildman–Crippen LogP) is 3.17. The molecule has 1 fully saturated rings. The van der Waals surface area contributed by atoms with Gasteiger partial charge in [0.25, 0.3) is 0 Å². The van der Waals surface area contributed by atoms with E-state index in [9.17, 15) is 0 Å². The maximum absolute atomic E-state index is 4.27. The lowest BCUT2D eigenvalue weighted by atomic mass is 9.96. The van der Waals surface area contributed by atoms with Crippen molar-refractivity contribution < 1.29 is 0 Å². The van der Waals surface area contributed by atoms with Gasteiger partial charge in [0.1, 0.15) is 0 Å². The average molecular weight is 224 g/mol. The summed E-state index contributed by atoms with van der Waals surface area (Å²) in [6, 6.07) is 13.1. The molecule has 3 rings (SSSR count). The van der Waals surface area contributed by atoms with E-state index >= 15 is 0 Å². The first kappa shape index (κ1) is 10.5. The van der Waals surface area contributed by atoms with Crippen molar-refractivity contribution in [3.8, 4) is 11.1 Å². The van der Waals surface area contributed by atoms with Crippen LogP contribution < -0.4 is 5.32 Å². The smallest absolute Gasteiger partial charge is 0.0349 e. The van der Waals surface area contributed by atoms with Crippen LogP contribution >= 0.6 is 0 Å². The zero-order valence-electron chi connectivity index (χ0n) is 9.76. The molecular formula is C15H16N2. The second-order valence-electron chi connectivity index (χ2n) is 4.48. The molecule has 0 amide bonds. The topological polar surface area (TPSA) is 24.9 Å². The van der Waals surface area contributed by atoms with E-state index in [-0.39, 0.29) is 0 Å². The first-order valence-electron chi connectivity index (χ1n) is 6.18. The molecule has 0 bridgehead atoms. The summed E-state index contributed by atoms with van der Waals surface area (Å²) >= 11 is 0. The fourth-order valence-electron chi connectivity index (χ4n) is 2.52. The summed E-state index contributed by atoms with van der Waals surface area (Å²) in [6.07, 6.45) is 6.36. The van der Waals surface area contributed by atoms with E-state index in [1.807, 2.05) is 18.5 Å². The van der Waals surface area contributed by atoms with Gasteiger partial charge in [-0.05, 0) is 36.6 Å². The second-order valence-corrected chi connectivity index (χ2v) is 4.48. The molecule has 1 unspecified atom stereocenters. The van der Waals surface area contributed by atoms with Crippen molar-refractivity contribution in [2.75, 3.05) is 6.54 Å². The van der Waals surface area contributed by atoms with Gasteiger partial charge < -0.3 is 5.32 Å². The van der Waals surface area contributed by atoms with Crippen LogP contribution in [0.3, 0.4) is 0 Å². The lowest BCUT2D eigenvalue weighted by Gasteiger charge is -2.15. The fourth-order valence-corrected chi connectivity index (χ4v) is 2.52. The largest absolute Gasteiger partial charge is 0.310 e. The summed E-state index contributed by atoms with van der Waals surface area (Å²) in [7, 11) is 0. The van der Waals surface area contributed by atoms with Crippen LogP contribution in [-0.4, -0.2) is 11.5 Å². The van der Waals surface area contributed by atoms with Crippen LogP contribution in [0.15, 0.2) is 48.8 Å². The van der Waals surface area contributed by atoms with E-state index in [1.165, 1.54) is 29.5 Å². The highest BCUT2D eigenvalue weighted by atomic mass is 14.9. The van der Waals surface area contributed by atoms with Gasteiger partial charge in [-0.15, -0.1) is 0 Å². The molecule has 86 valence electrons. The normalized spacial score (nSPS) is 19.4. The number of aromatic nitrogens is 1. The zero-order chi connectivity index (χ0) is 11.5. The van der Waals surface area contributed by atoms with E-state index in [1.54, 1.807) is 0 Å². The van der Waals surface area contributed by atoms with E-state index in [0.29, 0.717) is 6.04 Å². The molecule has 1 aliphatic rings. The third-order valence-electron chi connectivity index (χ3n) is 3.38. The number of nitrogens with zero attached hydrogens (tertiary/aromatic N) is 1. The molecule has 17 heavy (non-hydrogen) atoms. The molecular weight excluding hydrogens is 208 g/mol. The van der Waals surface area contributed by atoms with Gasteiger partial charge in [-0.2, -0.15) is 0 Å². The number of rotatable bonds is 2. The van der Waals surface area contributed by atoms with Gasteiger partial charge in [0.05, 0.1) is 0 Å². The maximum atomic E-state index is 4.27. The molecule has 0 aliphatic carbocycles. The van der Waals surface area contributed by atoms with Gasteiger partial charge in [-0.1, -0.05) is 30.3 Å². The van der Waals surface area contributed by atoms with E-state index in [0.717, 1.165) is 6.54 Å². The SMILES string of the molecule is c1ccc(-c2cnccc2C2CCCN2)cc1. The Morgan fingerprint density at radius 1 is 1.12 bits per heavy atom. The number of hydrogen-bond donors (Lipinski definition) is 1. The Labute approximate surface area is 102 Å². The molecule has 0 radical (unpaired) electrons. The zero-order valence-corrected chi connectivity index (χ0v) is 9.76. The average Bonchev–Trinajstić information content (AvgIpc) is 2.94. The lowest BCUT2D eigenvalue weighted by molar-refractivity contribution is 0.648. The molecule has 2 heterocycles. The Bertz CT molecular complexity index is 487. The molecule has 1 aliphatic heterocycles. The number of pyridine rings is 1. The summed E-state index contributed by atoms with van der Waals surface area (Å²) < 4.78 is 0. The van der Waals surface area contributed by atoms with Crippen molar-refractivity contribution in [3.05, 3.63) is 54.4 Å². The fraction of sp³-hybridized carbons (Fsp3) is 0.267. The molecule has 0 spiro atoms.